The molecule has 0 radical (unpaired) electrons. The molecular formula is C69H116N4O50. The summed E-state index contributed by atoms with van der Waals surface area (Å²) in [6, 6.07) is -7.69. The van der Waals surface area contributed by atoms with Crippen molar-refractivity contribution in [2.45, 2.75) is 328 Å². The van der Waals surface area contributed by atoms with Crippen molar-refractivity contribution in [3.63, 3.8) is 0 Å². The molecule has 10 heterocycles. The number of amides is 4. The average molecular weight is 1800 g/mol. The Bertz CT molecular complexity index is 3290. The molecule has 54 heteroatoms. The van der Waals surface area contributed by atoms with Crippen LogP contribution in [0.5, 0.6) is 0 Å². The Balaban J connectivity index is 1.01. The number of aliphatic hydroxyl groups excluding tert-OH is 25. The standard InChI is InChI=1S/C69H116N4O50/c1-17(81)70-31-41(92)52(26(11-78)108-60(31)102)117-61-32(71-18(2)82)43(94)54(28(13-80)112-61)119-69-59(123-65-47(98)35(86)21(85)14-105-65)57(40(91)30(116-69)16-106-64-48(99)44(95)36(87)22(7-74)109-64)121-68-58(45(96)37(88)23(8-75)111-68)122-62-33(72-19(3)83)42(93)53(27(12-79)113-62)118-63-34(73-20(4)84)55(120-67-49(100)46(97)51(103-5)25(10-77)114-67)39(90)29(115-63)15-107-66-50(101)56(104-6)38(89)24(9-76)110-66/h21-69,74-80,85-102H,7-16H2,1-6H3,(H,70,81)(H,71,82)(H,72,83)(H,73,84)/t21-,22-,23-,24-,25-,26-,27-,28-,29-,30-,31-,32-,33-,34-,35+,36-,37-,38+,39-,40-,41-,42-,43-,44+,45+,46-,47-,48+,49-,50-,51+,52-,53-,54-,55-,56+,57+,58+,59+,60?,61+,62+,63+,64+,65+,66-,67+,68-,69+/m1/s1. The van der Waals surface area contributed by atoms with Gasteiger partial charge in [-0.15, -0.1) is 0 Å². The fourth-order valence-corrected chi connectivity index (χ4v) is 16.1. The molecule has 0 aromatic carbocycles. The van der Waals surface area contributed by atoms with E-state index in [-0.39, 0.29) is 0 Å². The van der Waals surface area contributed by atoms with Crippen molar-refractivity contribution in [3.05, 3.63) is 0 Å². The molecule has 10 fully saturated rings. The van der Waals surface area contributed by atoms with Crippen molar-refractivity contribution < 1.29 is 246 Å². The zero-order valence-corrected chi connectivity index (χ0v) is 66.7. The number of rotatable bonds is 33. The zero-order chi connectivity index (χ0) is 90.3. The number of aliphatic hydroxyl groups is 25. The van der Waals surface area contributed by atoms with E-state index in [1.807, 2.05) is 0 Å². The number of ether oxygens (including phenoxy) is 21. The second-order valence-corrected chi connectivity index (χ2v) is 31.0. The average Bonchev–Trinajstić information content (AvgIpc) is 0.759. The monoisotopic (exact) mass is 1800 g/mol. The third-order valence-electron chi connectivity index (χ3n) is 22.6. The van der Waals surface area contributed by atoms with E-state index in [1.165, 1.54) is 0 Å². The molecule has 0 spiro atoms. The minimum absolute atomic E-state index is 0.797. The lowest BCUT2D eigenvalue weighted by Gasteiger charge is -2.52. The van der Waals surface area contributed by atoms with Crippen LogP contribution in [0.4, 0.5) is 0 Å². The molecule has 4 amide bonds. The number of hydrogen-bond donors (Lipinski definition) is 29. The van der Waals surface area contributed by atoms with Gasteiger partial charge in [-0.1, -0.05) is 0 Å². The van der Waals surface area contributed by atoms with Crippen LogP contribution in [0.3, 0.4) is 0 Å². The SMILES string of the molecule is CO[C@H]1[C@@H](O)[C@@H](CO)O[C@@H](OC[C@H]2O[C@@H](O[C@H]3[C@H](O)[C@@H](NC(C)=O)[C@H](O[C@@H]4[C@@H](O[C@H]5[C@H](O)[C@@H](CO[C@H]6O[C@H](CO)[C@@H](O)[C@H](O)[C@@H]6O)O[C@@H](O[C@H]6[C@H](O)[C@@H](NC(C)=O)[C@H](O[C@H]7[C@H](O)[C@@H](NC(C)=O)C(O)O[C@@H]7CO)O[C@@H]6CO)[C@H]5O[C@@H]5OC[C@@H](O)[C@H](O)[C@H]5O)O[C@H](CO)[C@@H](O)[C@@H]4O)O[C@@H]3CO)[C@H](NC(C)=O)[C@@H](O[C@@H]3O[C@H](CO)[C@H](OC)[C@H](O)[C@H]3O)[C@@H]2O)[C@@H]1O. The van der Waals surface area contributed by atoms with Crippen LogP contribution >= 0.6 is 0 Å². The second-order valence-electron chi connectivity index (χ2n) is 31.0. The molecule has 712 valence electrons. The molecular weight excluding hydrogens is 1680 g/mol. The van der Waals surface area contributed by atoms with Crippen LogP contribution in [0.1, 0.15) is 27.7 Å². The smallest absolute Gasteiger partial charge is 0.217 e. The summed E-state index contributed by atoms with van der Waals surface area (Å²) in [5.74, 6) is -3.75. The van der Waals surface area contributed by atoms with Gasteiger partial charge in [0.05, 0.1) is 66.1 Å². The molecule has 10 aliphatic heterocycles. The van der Waals surface area contributed by atoms with Crippen LogP contribution in [0.15, 0.2) is 0 Å². The summed E-state index contributed by atoms with van der Waals surface area (Å²) in [5, 5.41) is 291. The zero-order valence-electron chi connectivity index (χ0n) is 66.7. The first-order valence-corrected chi connectivity index (χ1v) is 39.3. The molecule has 0 saturated carbocycles. The van der Waals surface area contributed by atoms with Crippen molar-refractivity contribution in [2.24, 2.45) is 0 Å². The first-order chi connectivity index (χ1) is 58.3. The van der Waals surface area contributed by atoms with Crippen molar-refractivity contribution in [1.29, 1.82) is 0 Å². The first kappa shape index (κ1) is 101. The lowest BCUT2D eigenvalue weighted by Crippen LogP contribution is -2.72. The van der Waals surface area contributed by atoms with Gasteiger partial charge in [-0.3, -0.25) is 19.2 Å². The van der Waals surface area contributed by atoms with E-state index >= 15 is 0 Å². The van der Waals surface area contributed by atoms with E-state index in [0.717, 1.165) is 41.9 Å². The minimum atomic E-state index is -2.52. The fraction of sp³-hybridized carbons (Fsp3) is 0.942. The lowest BCUT2D eigenvalue weighted by molar-refractivity contribution is -0.411. The summed E-state index contributed by atoms with van der Waals surface area (Å²) in [6.07, 6.45) is -92.6. The molecule has 0 aromatic rings. The molecule has 123 heavy (non-hydrogen) atoms. The maximum atomic E-state index is 13.5. The normalized spacial score (nSPS) is 48.8. The molecule has 10 saturated heterocycles. The van der Waals surface area contributed by atoms with Crippen molar-refractivity contribution in [1.82, 2.24) is 21.3 Å². The lowest BCUT2D eigenvalue weighted by atomic mass is 9.93. The summed E-state index contributed by atoms with van der Waals surface area (Å²) in [5.41, 5.74) is 0. The van der Waals surface area contributed by atoms with Gasteiger partial charge in [0.25, 0.3) is 0 Å². The molecule has 1 unspecified atom stereocenters. The van der Waals surface area contributed by atoms with Gasteiger partial charge in [0.15, 0.2) is 62.9 Å². The number of carbonyl (C=O) groups is 4. The summed E-state index contributed by atoms with van der Waals surface area (Å²) in [7, 11) is 2.22. The van der Waals surface area contributed by atoms with Crippen LogP contribution in [-0.4, -0.2) is 532 Å². The Kier molecular flexibility index (Phi) is 36.8. The van der Waals surface area contributed by atoms with E-state index < -0.39 is 390 Å². The minimum Gasteiger partial charge on any atom is -0.394 e. The van der Waals surface area contributed by atoms with Gasteiger partial charge in [0.1, 0.15) is 238 Å². The number of nitrogens with one attached hydrogen (secondary N) is 4. The highest BCUT2D eigenvalue weighted by atomic mass is 16.8. The second kappa shape index (κ2) is 44.8. The molecule has 0 aliphatic carbocycles. The van der Waals surface area contributed by atoms with Crippen molar-refractivity contribution in [3.8, 4) is 0 Å². The van der Waals surface area contributed by atoms with E-state index in [2.05, 4.69) is 21.3 Å². The van der Waals surface area contributed by atoms with Gasteiger partial charge in [-0.2, -0.15) is 0 Å². The highest BCUT2D eigenvalue weighted by Gasteiger charge is 2.62. The summed E-state index contributed by atoms with van der Waals surface area (Å²) in [4.78, 5) is 52.2. The van der Waals surface area contributed by atoms with Crippen molar-refractivity contribution >= 4 is 23.6 Å². The third kappa shape index (κ3) is 22.6. The van der Waals surface area contributed by atoms with E-state index in [9.17, 15) is 147 Å². The Hall–Kier alpha value is -3.96. The quantitative estimate of drug-likeness (QED) is 0.0290. The van der Waals surface area contributed by atoms with Gasteiger partial charge < -0.3 is 248 Å². The predicted octanol–water partition coefficient (Wildman–Crippen LogP) is -20.3. The van der Waals surface area contributed by atoms with Crippen LogP contribution in [0.25, 0.3) is 0 Å². The first-order valence-electron chi connectivity index (χ1n) is 39.3. The van der Waals surface area contributed by atoms with Gasteiger partial charge in [0, 0.05) is 41.9 Å². The fourth-order valence-electron chi connectivity index (χ4n) is 16.1. The highest BCUT2D eigenvalue weighted by Crippen LogP contribution is 2.42. The Labute approximate surface area is 698 Å². The topological polar surface area (TPSA) is 816 Å². The molecule has 10 rings (SSSR count). The summed E-state index contributed by atoms with van der Waals surface area (Å²) < 4.78 is 126. The number of methoxy groups -OCH3 is 2. The van der Waals surface area contributed by atoms with Crippen LogP contribution in [0.2, 0.25) is 0 Å². The Morgan fingerprint density at radius 1 is 0.260 bits per heavy atom. The van der Waals surface area contributed by atoms with E-state index in [1.54, 1.807) is 0 Å². The molecule has 0 bridgehead atoms. The molecule has 54 nitrogen and oxygen atoms in total. The summed E-state index contributed by atoms with van der Waals surface area (Å²) in [6.45, 7) is -6.62. The third-order valence-corrected chi connectivity index (χ3v) is 22.6. The molecule has 49 atom stereocenters. The maximum Gasteiger partial charge on any atom is 0.217 e. The largest absolute Gasteiger partial charge is 0.394 e. The summed E-state index contributed by atoms with van der Waals surface area (Å²) >= 11 is 0. The van der Waals surface area contributed by atoms with Gasteiger partial charge in [-0.05, 0) is 0 Å². The van der Waals surface area contributed by atoms with Gasteiger partial charge >= 0.3 is 0 Å². The van der Waals surface area contributed by atoms with Crippen LogP contribution in [-0.2, 0) is 119 Å². The molecule has 29 N–H and O–H groups in total. The maximum absolute atomic E-state index is 13.5. The highest BCUT2D eigenvalue weighted by molar-refractivity contribution is 5.74. The van der Waals surface area contributed by atoms with Crippen LogP contribution in [0, 0.1) is 0 Å². The Morgan fingerprint density at radius 3 is 1.07 bits per heavy atom. The molecule has 10 aliphatic rings. The van der Waals surface area contributed by atoms with Gasteiger partial charge in [-0.25, -0.2) is 0 Å². The predicted molar refractivity (Wildman–Crippen MR) is 380 cm³/mol. The van der Waals surface area contributed by atoms with Crippen molar-refractivity contribution in [2.75, 3.05) is 80.3 Å². The van der Waals surface area contributed by atoms with Crippen LogP contribution < -0.4 is 21.3 Å². The van der Waals surface area contributed by atoms with E-state index in [4.69, 9.17) is 99.5 Å². The number of hydrogen-bond acceptors (Lipinski definition) is 50. The molecule has 0 aromatic heterocycles. The van der Waals surface area contributed by atoms with Gasteiger partial charge in [0.2, 0.25) is 23.6 Å². The van der Waals surface area contributed by atoms with E-state index in [0.29, 0.717) is 0 Å². The number of carbonyl (C=O) groups excluding carboxylic acids is 4. The Morgan fingerprint density at radius 2 is 0.577 bits per heavy atom.